The smallest absolute Gasteiger partial charge is 0.0212 e. The molecule has 0 aromatic heterocycles. The first-order valence-electron chi connectivity index (χ1n) is 7.84. The molecule has 1 aliphatic heterocycles. The molecule has 2 fully saturated rings. The molecule has 1 saturated heterocycles. The lowest BCUT2D eigenvalue weighted by atomic mass is 9.93. The van der Waals surface area contributed by atoms with E-state index in [0.717, 1.165) is 5.92 Å². The predicted octanol–water partition coefficient (Wildman–Crippen LogP) is 4.79. The van der Waals surface area contributed by atoms with Crippen LogP contribution in [0.5, 0.6) is 0 Å². The minimum Gasteiger partial charge on any atom is -0.314 e. The fourth-order valence-electron chi connectivity index (χ4n) is 3.65. The second-order valence-electron chi connectivity index (χ2n) is 6.19. The maximum atomic E-state index is 3.80. The average Bonchev–Trinajstić information content (AvgIpc) is 2.94. The largest absolute Gasteiger partial charge is 0.314 e. The molecule has 0 bridgehead atoms. The van der Waals surface area contributed by atoms with Gasteiger partial charge in [-0.3, -0.25) is 0 Å². The van der Waals surface area contributed by atoms with E-state index in [1.807, 2.05) is 0 Å². The number of hydrogen-bond acceptors (Lipinski definition) is 1. The molecule has 2 heteroatoms. The Labute approximate surface area is 125 Å². The van der Waals surface area contributed by atoms with Crippen molar-refractivity contribution < 1.29 is 0 Å². The molecule has 1 aromatic carbocycles. The van der Waals surface area contributed by atoms with Crippen LogP contribution in [-0.2, 0) is 6.42 Å². The van der Waals surface area contributed by atoms with Crippen molar-refractivity contribution in [3.05, 3.63) is 33.8 Å². The highest BCUT2D eigenvalue weighted by Gasteiger charge is 2.20. The number of halogens is 1. The van der Waals surface area contributed by atoms with Crippen molar-refractivity contribution in [2.45, 2.75) is 63.3 Å². The second-order valence-corrected chi connectivity index (χ2v) is 7.04. The molecule has 104 valence electrons. The van der Waals surface area contributed by atoms with Crippen LogP contribution in [-0.4, -0.2) is 12.6 Å². The van der Waals surface area contributed by atoms with Crippen LogP contribution in [0.1, 0.15) is 62.0 Å². The minimum absolute atomic E-state index is 0.693. The van der Waals surface area contributed by atoms with E-state index in [1.165, 1.54) is 73.5 Å². The van der Waals surface area contributed by atoms with Gasteiger partial charge in [-0.15, -0.1) is 0 Å². The molecule has 1 saturated carbocycles. The molecule has 2 aliphatic rings. The maximum Gasteiger partial charge on any atom is 0.0212 e. The van der Waals surface area contributed by atoms with E-state index in [2.05, 4.69) is 39.4 Å². The van der Waals surface area contributed by atoms with Gasteiger partial charge in [0.2, 0.25) is 0 Å². The molecule has 1 unspecified atom stereocenters. The summed E-state index contributed by atoms with van der Waals surface area (Å²) in [4.78, 5) is 0. The summed E-state index contributed by atoms with van der Waals surface area (Å²) < 4.78 is 1.34. The average molecular weight is 322 g/mol. The van der Waals surface area contributed by atoms with E-state index in [-0.39, 0.29) is 0 Å². The fraction of sp³-hybridized carbons (Fsp3) is 0.647. The minimum atomic E-state index is 0.693. The lowest BCUT2D eigenvalue weighted by Gasteiger charge is -2.24. The molecule has 19 heavy (non-hydrogen) atoms. The SMILES string of the molecule is Brc1cc(CC2CCCCN2)ccc1C1CCCC1. The number of nitrogens with one attached hydrogen (secondary N) is 1. The van der Waals surface area contributed by atoms with E-state index in [0.29, 0.717) is 6.04 Å². The molecular formula is C17H24BrN. The highest BCUT2D eigenvalue weighted by atomic mass is 79.9. The van der Waals surface area contributed by atoms with E-state index >= 15 is 0 Å². The van der Waals surface area contributed by atoms with Gasteiger partial charge in [0.15, 0.2) is 0 Å². The van der Waals surface area contributed by atoms with Crippen molar-refractivity contribution in [2.75, 3.05) is 6.54 Å². The van der Waals surface area contributed by atoms with Crippen LogP contribution in [0.15, 0.2) is 22.7 Å². The van der Waals surface area contributed by atoms with E-state index in [4.69, 9.17) is 0 Å². The Hall–Kier alpha value is -0.340. The van der Waals surface area contributed by atoms with E-state index in [9.17, 15) is 0 Å². The first-order chi connectivity index (χ1) is 9.33. The van der Waals surface area contributed by atoms with Gasteiger partial charge in [-0.1, -0.05) is 47.3 Å². The Bertz CT molecular complexity index is 417. The Morgan fingerprint density at radius 2 is 1.84 bits per heavy atom. The fourth-order valence-corrected chi connectivity index (χ4v) is 4.40. The van der Waals surface area contributed by atoms with Crippen molar-refractivity contribution in [1.29, 1.82) is 0 Å². The van der Waals surface area contributed by atoms with Crippen LogP contribution in [0.3, 0.4) is 0 Å². The Kier molecular flexibility index (Phi) is 4.60. The first-order valence-corrected chi connectivity index (χ1v) is 8.64. The molecular weight excluding hydrogens is 298 g/mol. The van der Waals surface area contributed by atoms with Gasteiger partial charge >= 0.3 is 0 Å². The van der Waals surface area contributed by atoms with Crippen molar-refractivity contribution >= 4 is 15.9 Å². The van der Waals surface area contributed by atoms with Crippen molar-refractivity contribution in [3.8, 4) is 0 Å². The lowest BCUT2D eigenvalue weighted by Crippen LogP contribution is -2.35. The molecule has 1 aliphatic carbocycles. The first kappa shape index (κ1) is 13.6. The molecule has 1 aromatic rings. The number of rotatable bonds is 3. The summed E-state index contributed by atoms with van der Waals surface area (Å²) in [7, 11) is 0. The molecule has 0 spiro atoms. The summed E-state index contributed by atoms with van der Waals surface area (Å²) >= 11 is 3.80. The van der Waals surface area contributed by atoms with Gasteiger partial charge in [0, 0.05) is 10.5 Å². The summed E-state index contributed by atoms with van der Waals surface area (Å²) in [6, 6.07) is 7.79. The summed E-state index contributed by atoms with van der Waals surface area (Å²) in [6.45, 7) is 1.20. The quantitative estimate of drug-likeness (QED) is 0.843. The van der Waals surface area contributed by atoms with Gasteiger partial charge in [-0.05, 0) is 61.8 Å². The van der Waals surface area contributed by atoms with Crippen LogP contribution in [0.2, 0.25) is 0 Å². The molecule has 1 N–H and O–H groups in total. The van der Waals surface area contributed by atoms with Crippen LogP contribution < -0.4 is 5.32 Å². The van der Waals surface area contributed by atoms with E-state index in [1.54, 1.807) is 0 Å². The maximum absolute atomic E-state index is 3.80. The monoisotopic (exact) mass is 321 g/mol. The highest BCUT2D eigenvalue weighted by Crippen LogP contribution is 2.38. The predicted molar refractivity (Wildman–Crippen MR) is 84.7 cm³/mol. The summed E-state index contributed by atoms with van der Waals surface area (Å²) in [5.41, 5.74) is 3.02. The van der Waals surface area contributed by atoms with Gasteiger partial charge in [-0.2, -0.15) is 0 Å². The van der Waals surface area contributed by atoms with Crippen molar-refractivity contribution in [2.24, 2.45) is 0 Å². The standard InChI is InChI=1S/C17H24BrN/c18-17-12-13(11-15-7-3-4-10-19-15)8-9-16(17)14-5-1-2-6-14/h8-9,12,14-15,19H,1-7,10-11H2. The topological polar surface area (TPSA) is 12.0 Å². The zero-order valence-corrected chi connectivity index (χ0v) is 13.2. The number of piperidine rings is 1. The van der Waals surface area contributed by atoms with Gasteiger partial charge in [-0.25, -0.2) is 0 Å². The molecule has 1 atom stereocenters. The molecule has 1 nitrogen and oxygen atoms in total. The lowest BCUT2D eigenvalue weighted by molar-refractivity contribution is 0.399. The third kappa shape index (κ3) is 3.41. The molecule has 0 radical (unpaired) electrons. The van der Waals surface area contributed by atoms with Crippen molar-refractivity contribution in [1.82, 2.24) is 5.32 Å². The molecule has 0 amide bonds. The number of benzene rings is 1. The van der Waals surface area contributed by atoms with Crippen LogP contribution in [0.4, 0.5) is 0 Å². The summed E-state index contributed by atoms with van der Waals surface area (Å²) in [5.74, 6) is 0.802. The second kappa shape index (κ2) is 6.41. The third-order valence-corrected chi connectivity index (χ3v) is 5.44. The normalized spacial score (nSPS) is 24.8. The van der Waals surface area contributed by atoms with Gasteiger partial charge < -0.3 is 5.32 Å². The zero-order valence-electron chi connectivity index (χ0n) is 11.6. The Morgan fingerprint density at radius 1 is 1.05 bits per heavy atom. The van der Waals surface area contributed by atoms with E-state index < -0.39 is 0 Å². The summed E-state index contributed by atoms with van der Waals surface area (Å²) in [6.07, 6.45) is 10.8. The molecule has 1 heterocycles. The van der Waals surface area contributed by atoms with Gasteiger partial charge in [0.05, 0.1) is 0 Å². The van der Waals surface area contributed by atoms with Gasteiger partial charge in [0.25, 0.3) is 0 Å². The van der Waals surface area contributed by atoms with Gasteiger partial charge in [0.1, 0.15) is 0 Å². The summed E-state index contributed by atoms with van der Waals surface area (Å²) in [5, 5.41) is 3.64. The van der Waals surface area contributed by atoms with Crippen LogP contribution >= 0.6 is 15.9 Å². The van der Waals surface area contributed by atoms with Crippen LogP contribution in [0.25, 0.3) is 0 Å². The van der Waals surface area contributed by atoms with Crippen LogP contribution in [0, 0.1) is 0 Å². The highest BCUT2D eigenvalue weighted by molar-refractivity contribution is 9.10. The Balaban J connectivity index is 1.67. The van der Waals surface area contributed by atoms with Crippen molar-refractivity contribution in [3.63, 3.8) is 0 Å². The Morgan fingerprint density at radius 3 is 2.53 bits per heavy atom. The number of hydrogen-bond donors (Lipinski definition) is 1. The zero-order chi connectivity index (χ0) is 13.1. The third-order valence-electron chi connectivity index (χ3n) is 4.75. The molecule has 3 rings (SSSR count).